The number of carbonyl (C=O) groups is 2. The number of benzene rings is 2. The molecular weight excluding hydrogens is 444 g/mol. The Morgan fingerprint density at radius 1 is 1.12 bits per heavy atom. The second-order valence-corrected chi connectivity index (χ2v) is 7.59. The second-order valence-electron chi connectivity index (χ2n) is 7.59. The molecule has 0 aliphatic heterocycles. The van der Waals surface area contributed by atoms with Crippen LogP contribution >= 0.6 is 0 Å². The fourth-order valence-electron chi connectivity index (χ4n) is 3.12. The highest BCUT2D eigenvalue weighted by molar-refractivity contribution is 6.05. The van der Waals surface area contributed by atoms with Crippen LogP contribution in [-0.4, -0.2) is 27.5 Å². The predicted molar refractivity (Wildman–Crippen MR) is 111 cm³/mol. The van der Waals surface area contributed by atoms with Crippen molar-refractivity contribution in [2.75, 3.05) is 0 Å². The monoisotopic (exact) mass is 464 g/mol. The lowest BCUT2D eigenvalue weighted by molar-refractivity contribution is -0.144. The van der Waals surface area contributed by atoms with Gasteiger partial charge in [0.05, 0.1) is 11.1 Å². The van der Waals surface area contributed by atoms with Crippen LogP contribution in [0.3, 0.4) is 0 Å². The van der Waals surface area contributed by atoms with E-state index in [-0.39, 0.29) is 34.1 Å². The molecule has 0 aliphatic carbocycles. The fraction of sp³-hybridized carbons (Fsp3) is 0.261. The molecule has 0 fully saturated rings. The molecule has 0 aliphatic rings. The number of aromatic nitrogens is 1. The van der Waals surface area contributed by atoms with Gasteiger partial charge >= 0.3 is 12.1 Å². The van der Waals surface area contributed by atoms with Crippen LogP contribution in [0.4, 0.5) is 17.6 Å². The Hall–Kier alpha value is -3.69. The molecule has 2 N–H and O–H groups in total. The topological polar surface area (TPSA) is 88.5 Å². The van der Waals surface area contributed by atoms with Gasteiger partial charge in [0.25, 0.3) is 5.91 Å². The third kappa shape index (κ3) is 5.05. The van der Waals surface area contributed by atoms with Gasteiger partial charge in [0.1, 0.15) is 23.7 Å². The van der Waals surface area contributed by atoms with E-state index in [1.165, 1.54) is 25.3 Å². The van der Waals surface area contributed by atoms with Gasteiger partial charge in [-0.15, -0.1) is 0 Å². The summed E-state index contributed by atoms with van der Waals surface area (Å²) in [5.41, 5.74) is -2.80. The van der Waals surface area contributed by atoms with Crippen LogP contribution in [0.25, 0.3) is 10.8 Å². The van der Waals surface area contributed by atoms with Crippen LogP contribution in [-0.2, 0) is 17.6 Å². The number of amides is 1. The number of nitrogens with zero attached hydrogens (tertiary/aromatic N) is 1. The zero-order valence-corrected chi connectivity index (χ0v) is 17.7. The number of alkyl halides is 3. The largest absolute Gasteiger partial charge is 0.487 e. The molecular formula is C23H20F4N2O4. The number of halogens is 4. The number of fused-ring (bicyclic) bond motifs is 1. The first kappa shape index (κ1) is 24.0. The minimum Gasteiger partial charge on any atom is -0.487 e. The van der Waals surface area contributed by atoms with E-state index in [0.29, 0.717) is 6.20 Å². The molecule has 3 aromatic rings. The molecule has 2 aromatic carbocycles. The maximum atomic E-state index is 14.7. The lowest BCUT2D eigenvalue weighted by Gasteiger charge is -2.25. The summed E-state index contributed by atoms with van der Waals surface area (Å²) < 4.78 is 59.4. The molecule has 1 heterocycles. The summed E-state index contributed by atoms with van der Waals surface area (Å²) in [5, 5.41) is 12.2. The Labute approximate surface area is 186 Å². The zero-order valence-electron chi connectivity index (χ0n) is 17.7. The lowest BCUT2D eigenvalue weighted by Crippen LogP contribution is -2.51. The minimum absolute atomic E-state index is 0.0518. The average Bonchev–Trinajstić information content (AvgIpc) is 2.77. The summed E-state index contributed by atoms with van der Waals surface area (Å²) in [6.07, 6.45) is -2.69. The van der Waals surface area contributed by atoms with Gasteiger partial charge in [0, 0.05) is 28.7 Å². The third-order valence-corrected chi connectivity index (χ3v) is 5.26. The van der Waals surface area contributed by atoms with Crippen molar-refractivity contribution >= 4 is 22.6 Å². The van der Waals surface area contributed by atoms with E-state index < -0.39 is 41.6 Å². The van der Waals surface area contributed by atoms with E-state index in [1.54, 1.807) is 19.1 Å². The number of aliphatic carboxylic acids is 1. The van der Waals surface area contributed by atoms with Gasteiger partial charge in [-0.25, -0.2) is 9.18 Å². The number of carboxylic acids is 1. The molecule has 174 valence electrons. The van der Waals surface area contributed by atoms with E-state index in [0.717, 1.165) is 12.1 Å². The molecule has 0 saturated heterocycles. The van der Waals surface area contributed by atoms with Gasteiger partial charge in [-0.3, -0.25) is 9.78 Å². The zero-order chi connectivity index (χ0) is 24.4. The van der Waals surface area contributed by atoms with Gasteiger partial charge in [-0.05, 0) is 25.5 Å². The third-order valence-electron chi connectivity index (χ3n) is 5.26. The minimum atomic E-state index is -4.60. The Balaban J connectivity index is 2.04. The Bertz CT molecular complexity index is 1210. The summed E-state index contributed by atoms with van der Waals surface area (Å²) in [6, 6.07) is 7.87. The normalized spacial score (nSPS) is 13.4. The van der Waals surface area contributed by atoms with Crippen molar-refractivity contribution in [3.8, 4) is 5.75 Å². The summed E-state index contributed by atoms with van der Waals surface area (Å²) in [5.74, 6) is -3.01. The van der Waals surface area contributed by atoms with Gasteiger partial charge in [-0.1, -0.05) is 31.2 Å². The standard InChI is InChI=1S/C23H20F4N2O4/c1-3-22(2,21(31)32)29-20(30)17-9-18(24)15-6-4-5-7-16(15)19(17)33-12-13-8-14(11-28-10-13)23(25,26)27/h4-11H,3,12H2,1-2H3,(H,29,30)(H,31,32)/t22-/m1/s1. The van der Waals surface area contributed by atoms with Crippen molar-refractivity contribution in [1.82, 2.24) is 10.3 Å². The van der Waals surface area contributed by atoms with Crippen LogP contribution in [0.5, 0.6) is 5.75 Å². The van der Waals surface area contributed by atoms with Gasteiger partial charge in [0.2, 0.25) is 0 Å². The highest BCUT2D eigenvalue weighted by Crippen LogP contribution is 2.34. The molecule has 1 amide bonds. The van der Waals surface area contributed by atoms with Crippen LogP contribution in [0.2, 0.25) is 0 Å². The van der Waals surface area contributed by atoms with Crippen molar-refractivity contribution in [3.63, 3.8) is 0 Å². The first-order chi connectivity index (χ1) is 15.5. The second kappa shape index (κ2) is 9.05. The highest BCUT2D eigenvalue weighted by atomic mass is 19.4. The van der Waals surface area contributed by atoms with Crippen molar-refractivity contribution in [1.29, 1.82) is 0 Å². The van der Waals surface area contributed by atoms with Gasteiger partial charge in [-0.2, -0.15) is 13.2 Å². The molecule has 0 spiro atoms. The fourth-order valence-corrected chi connectivity index (χ4v) is 3.12. The average molecular weight is 464 g/mol. The predicted octanol–water partition coefficient (Wildman–Crippen LogP) is 4.95. The van der Waals surface area contributed by atoms with Crippen LogP contribution in [0, 0.1) is 5.82 Å². The number of ether oxygens (including phenoxy) is 1. The number of carbonyl (C=O) groups excluding carboxylic acids is 1. The van der Waals surface area contributed by atoms with Crippen molar-refractivity contribution in [2.24, 2.45) is 0 Å². The molecule has 3 rings (SSSR count). The molecule has 0 bridgehead atoms. The van der Waals surface area contributed by atoms with Crippen LogP contribution < -0.4 is 10.1 Å². The van der Waals surface area contributed by atoms with Crippen molar-refractivity contribution in [3.05, 3.63) is 71.3 Å². The van der Waals surface area contributed by atoms with Crippen LogP contribution in [0.1, 0.15) is 41.8 Å². The molecule has 0 unspecified atom stereocenters. The van der Waals surface area contributed by atoms with E-state index in [1.807, 2.05) is 0 Å². The van der Waals surface area contributed by atoms with E-state index >= 15 is 0 Å². The smallest absolute Gasteiger partial charge is 0.417 e. The van der Waals surface area contributed by atoms with Crippen molar-refractivity contribution < 1.29 is 37.0 Å². The molecule has 1 atom stereocenters. The number of nitrogens with one attached hydrogen (secondary N) is 1. The number of pyridine rings is 1. The summed E-state index contributed by atoms with van der Waals surface area (Å²) >= 11 is 0. The first-order valence-corrected chi connectivity index (χ1v) is 9.87. The van der Waals surface area contributed by atoms with Gasteiger partial charge in [0.15, 0.2) is 0 Å². The Morgan fingerprint density at radius 2 is 1.79 bits per heavy atom. The Kier molecular flexibility index (Phi) is 6.57. The molecule has 10 heteroatoms. The lowest BCUT2D eigenvalue weighted by atomic mass is 9.97. The van der Waals surface area contributed by atoms with E-state index in [2.05, 4.69) is 10.3 Å². The van der Waals surface area contributed by atoms with Crippen LogP contribution in [0.15, 0.2) is 48.8 Å². The number of rotatable bonds is 7. The SMILES string of the molecule is CC[C@@](C)(NC(=O)c1cc(F)c2ccccc2c1OCc1cncc(C(F)(F)F)c1)C(=O)O. The Morgan fingerprint density at radius 3 is 2.39 bits per heavy atom. The van der Waals surface area contributed by atoms with E-state index in [4.69, 9.17) is 4.74 Å². The quantitative estimate of drug-likeness (QED) is 0.483. The first-order valence-electron chi connectivity index (χ1n) is 9.87. The molecule has 6 nitrogen and oxygen atoms in total. The number of hydrogen-bond acceptors (Lipinski definition) is 4. The molecule has 0 saturated carbocycles. The molecule has 1 aromatic heterocycles. The number of hydrogen-bond donors (Lipinski definition) is 2. The highest BCUT2D eigenvalue weighted by Gasteiger charge is 2.34. The summed E-state index contributed by atoms with van der Waals surface area (Å²) in [4.78, 5) is 28.1. The van der Waals surface area contributed by atoms with E-state index in [9.17, 15) is 32.3 Å². The molecule has 0 radical (unpaired) electrons. The maximum absolute atomic E-state index is 14.7. The van der Waals surface area contributed by atoms with Gasteiger partial charge < -0.3 is 15.2 Å². The summed E-state index contributed by atoms with van der Waals surface area (Å²) in [7, 11) is 0. The van der Waals surface area contributed by atoms with Crippen molar-refractivity contribution in [2.45, 2.75) is 38.6 Å². The maximum Gasteiger partial charge on any atom is 0.417 e. The molecule has 33 heavy (non-hydrogen) atoms. The summed E-state index contributed by atoms with van der Waals surface area (Å²) in [6.45, 7) is 2.48. The number of carboxylic acid groups (broad SMARTS) is 1.